The number of nitrogens with zero attached hydrogens (tertiary/aromatic N) is 1. The van der Waals surface area contributed by atoms with Crippen molar-refractivity contribution in [3.8, 4) is 0 Å². The zero-order chi connectivity index (χ0) is 14.9. The third kappa shape index (κ3) is 3.46. The van der Waals surface area contributed by atoms with Crippen LogP contribution >= 0.6 is 0 Å². The molecule has 9 heteroatoms. The summed E-state index contributed by atoms with van der Waals surface area (Å²) in [6.45, 7) is 1.83. The Hall–Kier alpha value is -0.670. The smallest absolute Gasteiger partial charge is 0.325 e. The number of aliphatic carboxylic acids is 1. The second-order valence-corrected chi connectivity index (χ2v) is 9.32. The van der Waals surface area contributed by atoms with Crippen LogP contribution in [-0.2, 0) is 24.7 Å². The summed E-state index contributed by atoms with van der Waals surface area (Å²) in [5.74, 6) is -1.20. The van der Waals surface area contributed by atoms with Crippen LogP contribution < -0.4 is 0 Å². The molecule has 1 unspecified atom stereocenters. The molecular formula is C10H19NO6S2. The highest BCUT2D eigenvalue weighted by Gasteiger charge is 2.52. The molecule has 1 atom stereocenters. The maximum Gasteiger partial charge on any atom is 0.325 e. The lowest BCUT2D eigenvalue weighted by atomic mass is 9.92. The molecule has 0 radical (unpaired) electrons. The normalized spacial score (nSPS) is 25.6. The van der Waals surface area contributed by atoms with E-state index in [1.54, 1.807) is 6.92 Å². The van der Waals surface area contributed by atoms with E-state index in [4.69, 9.17) is 0 Å². The fourth-order valence-electron chi connectivity index (χ4n) is 2.58. The molecule has 0 aromatic carbocycles. The van der Waals surface area contributed by atoms with Gasteiger partial charge < -0.3 is 5.11 Å². The summed E-state index contributed by atoms with van der Waals surface area (Å²) in [6, 6.07) is 0. The molecule has 112 valence electrons. The Labute approximate surface area is 113 Å². The number of hydrogen-bond acceptors (Lipinski definition) is 5. The van der Waals surface area contributed by atoms with E-state index in [0.717, 1.165) is 10.6 Å². The molecule has 1 aliphatic heterocycles. The van der Waals surface area contributed by atoms with Crippen LogP contribution in [0.15, 0.2) is 0 Å². The van der Waals surface area contributed by atoms with Crippen LogP contribution in [0, 0.1) is 0 Å². The van der Waals surface area contributed by atoms with Gasteiger partial charge in [-0.1, -0.05) is 13.3 Å². The second kappa shape index (κ2) is 5.37. The van der Waals surface area contributed by atoms with Gasteiger partial charge in [-0.2, -0.15) is 4.31 Å². The molecule has 0 aromatic heterocycles. The monoisotopic (exact) mass is 313 g/mol. The van der Waals surface area contributed by atoms with Crippen LogP contribution in [0.2, 0.25) is 0 Å². The molecule has 1 aliphatic rings. The number of hydrogen-bond donors (Lipinski definition) is 1. The number of carbonyl (C=O) groups is 1. The number of carboxylic acid groups (broad SMARTS) is 1. The molecule has 0 bridgehead atoms. The van der Waals surface area contributed by atoms with Crippen LogP contribution in [0.25, 0.3) is 0 Å². The van der Waals surface area contributed by atoms with Crippen molar-refractivity contribution >= 4 is 25.8 Å². The number of rotatable bonds is 6. The lowest BCUT2D eigenvalue weighted by Crippen LogP contribution is -2.54. The first-order valence-electron chi connectivity index (χ1n) is 5.97. The Kier molecular flexibility index (Phi) is 4.63. The van der Waals surface area contributed by atoms with Gasteiger partial charge in [-0.3, -0.25) is 4.79 Å². The van der Waals surface area contributed by atoms with Gasteiger partial charge in [0.15, 0.2) is 14.9 Å². The van der Waals surface area contributed by atoms with Crippen molar-refractivity contribution in [2.75, 3.05) is 17.9 Å². The third-order valence-electron chi connectivity index (χ3n) is 3.19. The largest absolute Gasteiger partial charge is 0.480 e. The van der Waals surface area contributed by atoms with E-state index in [1.807, 2.05) is 0 Å². The van der Waals surface area contributed by atoms with Crippen LogP contribution in [0.3, 0.4) is 0 Å². The number of carboxylic acids is 1. The van der Waals surface area contributed by atoms with E-state index in [9.17, 15) is 26.7 Å². The molecule has 7 nitrogen and oxygen atoms in total. The summed E-state index contributed by atoms with van der Waals surface area (Å²) in [4.78, 5) is 11.5. The predicted molar refractivity (Wildman–Crippen MR) is 69.8 cm³/mol. The van der Waals surface area contributed by atoms with Gasteiger partial charge in [0.1, 0.15) is 5.54 Å². The Morgan fingerprint density at radius 2 is 1.89 bits per heavy atom. The first-order chi connectivity index (χ1) is 8.55. The molecule has 1 N–H and O–H groups in total. The van der Waals surface area contributed by atoms with E-state index in [-0.39, 0.29) is 19.4 Å². The van der Waals surface area contributed by atoms with Gasteiger partial charge in [0.2, 0.25) is 10.0 Å². The van der Waals surface area contributed by atoms with Crippen molar-refractivity contribution in [1.29, 1.82) is 0 Å². The van der Waals surface area contributed by atoms with E-state index < -0.39 is 36.5 Å². The third-order valence-corrected chi connectivity index (χ3v) is 7.30. The average molecular weight is 313 g/mol. The van der Waals surface area contributed by atoms with Gasteiger partial charge in [-0.25, -0.2) is 16.8 Å². The summed E-state index contributed by atoms with van der Waals surface area (Å²) in [5, 5.41) is 8.33. The molecule has 0 amide bonds. The molecule has 19 heavy (non-hydrogen) atoms. The minimum atomic E-state index is -4.13. The highest BCUT2D eigenvalue weighted by Crippen LogP contribution is 2.36. The predicted octanol–water partition coefficient (Wildman–Crippen LogP) is 0.0376. The summed E-state index contributed by atoms with van der Waals surface area (Å²) < 4.78 is 47.5. The fraction of sp³-hybridized carbons (Fsp3) is 0.900. The SMILES string of the molecule is CCCC1(C(=O)O)CCCN1S(=O)(=O)CS(C)(=O)=O. The molecule has 0 aliphatic carbocycles. The van der Waals surface area contributed by atoms with Crippen molar-refractivity contribution in [2.45, 2.75) is 38.1 Å². The lowest BCUT2D eigenvalue weighted by molar-refractivity contribution is -0.147. The van der Waals surface area contributed by atoms with Crippen LogP contribution in [-0.4, -0.2) is 55.6 Å². The van der Waals surface area contributed by atoms with E-state index in [2.05, 4.69) is 0 Å². The van der Waals surface area contributed by atoms with E-state index in [0.29, 0.717) is 12.8 Å². The maximum absolute atomic E-state index is 12.1. The Bertz CT molecular complexity index is 553. The Balaban J connectivity index is 3.20. The van der Waals surface area contributed by atoms with Crippen LogP contribution in [0.5, 0.6) is 0 Å². The molecule has 1 heterocycles. The Morgan fingerprint density at radius 3 is 2.32 bits per heavy atom. The summed E-state index contributed by atoms with van der Waals surface area (Å²) >= 11 is 0. The van der Waals surface area contributed by atoms with Gasteiger partial charge >= 0.3 is 5.97 Å². The second-order valence-electron chi connectivity index (χ2n) is 4.92. The standard InChI is InChI=1S/C10H19NO6S2/c1-3-5-10(9(12)13)6-4-7-11(10)19(16,17)8-18(2,14)15/h3-8H2,1-2H3,(H,12,13). The zero-order valence-corrected chi connectivity index (χ0v) is 12.6. The first-order valence-corrected chi connectivity index (χ1v) is 9.64. The fourth-order valence-corrected chi connectivity index (χ4v) is 6.45. The molecule has 1 fully saturated rings. The zero-order valence-electron chi connectivity index (χ0n) is 11.0. The number of sulfone groups is 1. The molecular weight excluding hydrogens is 294 g/mol. The highest BCUT2D eigenvalue weighted by atomic mass is 32.3. The van der Waals surface area contributed by atoms with Gasteiger partial charge in [-0.05, 0) is 19.3 Å². The quantitative estimate of drug-likeness (QED) is 0.741. The lowest BCUT2D eigenvalue weighted by Gasteiger charge is -2.33. The van der Waals surface area contributed by atoms with E-state index >= 15 is 0 Å². The summed E-state index contributed by atoms with van der Waals surface area (Å²) in [5.41, 5.74) is -1.49. The number of sulfonamides is 1. The molecule has 1 saturated heterocycles. The van der Waals surface area contributed by atoms with Gasteiger partial charge in [0, 0.05) is 12.8 Å². The minimum absolute atomic E-state index is 0.0597. The Morgan fingerprint density at radius 1 is 1.32 bits per heavy atom. The van der Waals surface area contributed by atoms with E-state index in [1.165, 1.54) is 0 Å². The first kappa shape index (κ1) is 16.4. The molecule has 0 saturated carbocycles. The maximum atomic E-state index is 12.1. The topological polar surface area (TPSA) is 109 Å². The van der Waals surface area contributed by atoms with Crippen molar-refractivity contribution in [3.05, 3.63) is 0 Å². The molecule has 1 rings (SSSR count). The summed E-state index contributed by atoms with van der Waals surface area (Å²) in [6.07, 6.45) is 2.17. The van der Waals surface area contributed by atoms with Crippen molar-refractivity contribution < 1.29 is 26.7 Å². The van der Waals surface area contributed by atoms with Crippen LogP contribution in [0.4, 0.5) is 0 Å². The van der Waals surface area contributed by atoms with Crippen LogP contribution in [0.1, 0.15) is 32.6 Å². The molecule has 0 aromatic rings. The van der Waals surface area contributed by atoms with Crippen molar-refractivity contribution in [2.24, 2.45) is 0 Å². The highest BCUT2D eigenvalue weighted by molar-refractivity contribution is 8.06. The molecule has 0 spiro atoms. The summed E-state index contributed by atoms with van der Waals surface area (Å²) in [7, 11) is -7.86. The van der Waals surface area contributed by atoms with Gasteiger partial charge in [0.05, 0.1) is 0 Å². The van der Waals surface area contributed by atoms with Crippen molar-refractivity contribution in [1.82, 2.24) is 4.31 Å². The van der Waals surface area contributed by atoms with Crippen molar-refractivity contribution in [3.63, 3.8) is 0 Å². The van der Waals surface area contributed by atoms with Gasteiger partial charge in [-0.15, -0.1) is 0 Å². The van der Waals surface area contributed by atoms with Gasteiger partial charge in [0.25, 0.3) is 0 Å². The minimum Gasteiger partial charge on any atom is -0.480 e. The average Bonchev–Trinajstić information content (AvgIpc) is 2.60.